The van der Waals surface area contributed by atoms with E-state index >= 15 is 0 Å². The summed E-state index contributed by atoms with van der Waals surface area (Å²) in [6.07, 6.45) is 3.05. The van der Waals surface area contributed by atoms with Gasteiger partial charge in [0.1, 0.15) is 5.69 Å². The largest absolute Gasteiger partial charge is 0.357 e. The average Bonchev–Trinajstić information content (AvgIpc) is 2.17. The highest BCUT2D eigenvalue weighted by Crippen LogP contribution is 2.27. The second kappa shape index (κ2) is 2.94. The highest BCUT2D eigenvalue weighted by Gasteiger charge is 2.21. The highest BCUT2D eigenvalue weighted by atomic mass is 16.1. The molecule has 0 saturated carbocycles. The lowest BCUT2D eigenvalue weighted by Gasteiger charge is -2.27. The van der Waals surface area contributed by atoms with Gasteiger partial charge in [-0.1, -0.05) is 0 Å². The molecule has 0 spiro atoms. The van der Waals surface area contributed by atoms with E-state index in [0.29, 0.717) is 5.82 Å². The van der Waals surface area contributed by atoms with Gasteiger partial charge in [0.25, 0.3) is 5.56 Å². The van der Waals surface area contributed by atoms with Crippen molar-refractivity contribution in [3.8, 4) is 0 Å². The van der Waals surface area contributed by atoms with E-state index in [4.69, 9.17) is 0 Å². The molecular formula is C9H12N4O. The van der Waals surface area contributed by atoms with Crippen LogP contribution in [-0.4, -0.2) is 27.8 Å². The van der Waals surface area contributed by atoms with Gasteiger partial charge >= 0.3 is 0 Å². The van der Waals surface area contributed by atoms with Crippen molar-refractivity contribution in [2.75, 3.05) is 7.05 Å². The molecule has 0 bridgehead atoms. The number of hydrogen-bond acceptors (Lipinski definition) is 4. The summed E-state index contributed by atoms with van der Waals surface area (Å²) >= 11 is 0. The third-order valence-electron chi connectivity index (χ3n) is 2.56. The first kappa shape index (κ1) is 8.93. The Labute approximate surface area is 81.7 Å². The average molecular weight is 192 g/mol. The van der Waals surface area contributed by atoms with Crippen molar-refractivity contribution in [2.45, 2.75) is 13.0 Å². The summed E-state index contributed by atoms with van der Waals surface area (Å²) in [5.74, 6) is 0.656. The molecule has 0 saturated heterocycles. The van der Waals surface area contributed by atoms with Crippen molar-refractivity contribution in [3.05, 3.63) is 22.2 Å². The Kier molecular flexibility index (Phi) is 1.87. The van der Waals surface area contributed by atoms with Gasteiger partial charge < -0.3 is 4.90 Å². The summed E-state index contributed by atoms with van der Waals surface area (Å²) in [5.41, 5.74) is 0.717. The second-order valence-corrected chi connectivity index (χ2v) is 3.45. The fraction of sp³-hybridized carbons (Fsp3) is 0.444. The second-order valence-electron chi connectivity index (χ2n) is 3.45. The third-order valence-corrected chi connectivity index (χ3v) is 2.56. The molecule has 5 heteroatoms. The fourth-order valence-corrected chi connectivity index (χ4v) is 1.43. The zero-order chi connectivity index (χ0) is 10.3. The number of aromatic nitrogens is 2. The molecular weight excluding hydrogens is 180 g/mol. The lowest BCUT2D eigenvalue weighted by molar-refractivity contribution is 0.395. The van der Waals surface area contributed by atoms with Crippen molar-refractivity contribution in [1.82, 2.24) is 14.5 Å². The van der Waals surface area contributed by atoms with E-state index in [0.717, 1.165) is 5.69 Å². The van der Waals surface area contributed by atoms with E-state index in [1.807, 2.05) is 18.9 Å². The molecule has 74 valence electrons. The van der Waals surface area contributed by atoms with E-state index in [-0.39, 0.29) is 11.6 Å². The molecule has 2 heterocycles. The van der Waals surface area contributed by atoms with Crippen LogP contribution in [0.5, 0.6) is 0 Å². The first-order valence-electron chi connectivity index (χ1n) is 4.43. The van der Waals surface area contributed by atoms with Gasteiger partial charge in [-0.25, -0.2) is 9.98 Å². The molecule has 14 heavy (non-hydrogen) atoms. The lowest BCUT2D eigenvalue weighted by Crippen LogP contribution is -2.28. The molecule has 0 radical (unpaired) electrons. The van der Waals surface area contributed by atoms with Gasteiger partial charge in [-0.2, -0.15) is 0 Å². The standard InChI is InChI=1S/C9H12N4O/c1-6-8-9(11-5-12(6)2)13(3)7(14)4-10-8/h4-6H,1-3H3. The molecule has 0 aliphatic carbocycles. The van der Waals surface area contributed by atoms with Crippen LogP contribution in [0.2, 0.25) is 0 Å². The van der Waals surface area contributed by atoms with Crippen LogP contribution in [0.25, 0.3) is 0 Å². The minimum atomic E-state index is -0.127. The first-order valence-corrected chi connectivity index (χ1v) is 4.43. The minimum absolute atomic E-state index is 0.127. The molecule has 1 aliphatic heterocycles. The van der Waals surface area contributed by atoms with Crippen LogP contribution in [0.4, 0.5) is 5.82 Å². The monoisotopic (exact) mass is 192 g/mol. The van der Waals surface area contributed by atoms with Gasteiger partial charge in [0.05, 0.1) is 18.6 Å². The van der Waals surface area contributed by atoms with E-state index < -0.39 is 0 Å². The van der Waals surface area contributed by atoms with Gasteiger partial charge in [0.15, 0.2) is 5.82 Å². The Morgan fingerprint density at radius 3 is 2.86 bits per heavy atom. The minimum Gasteiger partial charge on any atom is -0.357 e. The maximum absolute atomic E-state index is 11.3. The normalized spacial score (nSPS) is 19.6. The van der Waals surface area contributed by atoms with Gasteiger partial charge in [-0.05, 0) is 6.92 Å². The molecule has 1 aromatic rings. The smallest absolute Gasteiger partial charge is 0.270 e. The molecule has 0 amide bonds. The Morgan fingerprint density at radius 1 is 1.43 bits per heavy atom. The number of nitrogens with zero attached hydrogens (tertiary/aromatic N) is 4. The lowest BCUT2D eigenvalue weighted by atomic mass is 10.2. The summed E-state index contributed by atoms with van der Waals surface area (Å²) in [6.45, 7) is 2.03. The van der Waals surface area contributed by atoms with E-state index in [2.05, 4.69) is 9.98 Å². The van der Waals surface area contributed by atoms with Crippen molar-refractivity contribution >= 4 is 12.2 Å². The molecule has 1 aliphatic rings. The van der Waals surface area contributed by atoms with Crippen LogP contribution in [0, 0.1) is 0 Å². The molecule has 2 rings (SSSR count). The SMILES string of the molecule is CC1c2ncc(=O)n(C)c2N=CN1C. The maximum Gasteiger partial charge on any atom is 0.270 e. The topological polar surface area (TPSA) is 50.5 Å². The maximum atomic E-state index is 11.3. The zero-order valence-corrected chi connectivity index (χ0v) is 8.43. The zero-order valence-electron chi connectivity index (χ0n) is 8.43. The van der Waals surface area contributed by atoms with Crippen LogP contribution in [-0.2, 0) is 7.05 Å². The summed E-state index contributed by atoms with van der Waals surface area (Å²) in [5, 5.41) is 0. The molecule has 1 aromatic heterocycles. The Bertz CT molecular complexity index is 449. The molecule has 1 unspecified atom stereocenters. The Balaban J connectivity index is 2.68. The van der Waals surface area contributed by atoms with Crippen molar-refractivity contribution in [1.29, 1.82) is 0 Å². The summed E-state index contributed by atoms with van der Waals surface area (Å²) in [6, 6.07) is 0.161. The molecule has 0 N–H and O–H groups in total. The van der Waals surface area contributed by atoms with Crippen LogP contribution < -0.4 is 5.56 Å². The number of fused-ring (bicyclic) bond motifs is 1. The van der Waals surface area contributed by atoms with Crippen LogP contribution >= 0.6 is 0 Å². The number of rotatable bonds is 0. The van der Waals surface area contributed by atoms with E-state index in [9.17, 15) is 4.79 Å². The fourth-order valence-electron chi connectivity index (χ4n) is 1.43. The molecule has 5 nitrogen and oxygen atoms in total. The summed E-state index contributed by atoms with van der Waals surface area (Å²) in [7, 11) is 3.64. The Morgan fingerprint density at radius 2 is 2.14 bits per heavy atom. The summed E-state index contributed by atoms with van der Waals surface area (Å²) in [4.78, 5) is 21.6. The number of hydrogen-bond donors (Lipinski definition) is 0. The predicted molar refractivity (Wildman–Crippen MR) is 53.8 cm³/mol. The van der Waals surface area contributed by atoms with Crippen molar-refractivity contribution in [2.24, 2.45) is 12.0 Å². The Hall–Kier alpha value is -1.65. The van der Waals surface area contributed by atoms with Crippen LogP contribution in [0.1, 0.15) is 18.7 Å². The number of aliphatic imine (C=N–C) groups is 1. The van der Waals surface area contributed by atoms with Crippen molar-refractivity contribution in [3.63, 3.8) is 0 Å². The van der Waals surface area contributed by atoms with E-state index in [1.165, 1.54) is 10.8 Å². The quantitative estimate of drug-likeness (QED) is 0.599. The van der Waals surface area contributed by atoms with Crippen molar-refractivity contribution < 1.29 is 0 Å². The van der Waals surface area contributed by atoms with Gasteiger partial charge in [0.2, 0.25) is 0 Å². The third kappa shape index (κ3) is 1.13. The highest BCUT2D eigenvalue weighted by molar-refractivity contribution is 5.64. The molecule has 0 fully saturated rings. The van der Waals surface area contributed by atoms with Gasteiger partial charge in [0, 0.05) is 14.1 Å². The predicted octanol–water partition coefficient (Wildman–Crippen LogP) is 0.447. The van der Waals surface area contributed by atoms with Crippen LogP contribution in [0.3, 0.4) is 0 Å². The van der Waals surface area contributed by atoms with Gasteiger partial charge in [-0.3, -0.25) is 9.36 Å². The first-order chi connectivity index (χ1) is 6.61. The van der Waals surface area contributed by atoms with Gasteiger partial charge in [-0.15, -0.1) is 0 Å². The summed E-state index contributed by atoms with van der Waals surface area (Å²) < 4.78 is 1.52. The molecule has 0 aromatic carbocycles. The van der Waals surface area contributed by atoms with E-state index in [1.54, 1.807) is 13.4 Å². The molecule has 1 atom stereocenters. The van der Waals surface area contributed by atoms with Crippen LogP contribution in [0.15, 0.2) is 16.0 Å².